The molecule has 1 aliphatic carbocycles. The summed E-state index contributed by atoms with van der Waals surface area (Å²) in [6.45, 7) is 7.62. The Bertz CT molecular complexity index is 373. The highest BCUT2D eigenvalue weighted by Crippen LogP contribution is 2.38. The second kappa shape index (κ2) is 5.53. The molecule has 96 valence electrons. The molecule has 1 aliphatic rings. The van der Waals surface area contributed by atoms with Crippen molar-refractivity contribution >= 4 is 15.9 Å². The van der Waals surface area contributed by atoms with Gasteiger partial charge in [-0.3, -0.25) is 4.68 Å². The molecule has 1 aromatic heterocycles. The molecule has 1 heterocycles. The van der Waals surface area contributed by atoms with E-state index >= 15 is 0 Å². The molecule has 2 atom stereocenters. The van der Waals surface area contributed by atoms with E-state index in [0.717, 1.165) is 6.54 Å². The van der Waals surface area contributed by atoms with Crippen LogP contribution in [0.1, 0.15) is 57.7 Å². The fraction of sp³-hybridized carbons (Fsp3) is 0.769. The maximum Gasteiger partial charge on any atom is 0.0635 e. The fourth-order valence-corrected chi connectivity index (χ4v) is 3.47. The first kappa shape index (κ1) is 13.1. The van der Waals surface area contributed by atoms with Crippen molar-refractivity contribution in [1.82, 2.24) is 15.1 Å². The highest BCUT2D eigenvalue weighted by atomic mass is 79.9. The third kappa shape index (κ3) is 2.58. The molecule has 0 bridgehead atoms. The van der Waals surface area contributed by atoms with E-state index in [4.69, 9.17) is 0 Å². The van der Waals surface area contributed by atoms with Gasteiger partial charge in [0.25, 0.3) is 0 Å². The third-order valence-corrected chi connectivity index (χ3v) is 4.22. The smallest absolute Gasteiger partial charge is 0.0635 e. The number of likely N-dealkylation sites (N-methyl/N-ethyl adjacent to an activating group) is 1. The molecule has 0 radical (unpaired) electrons. The normalized spacial score (nSPS) is 24.8. The molecule has 1 fully saturated rings. The number of hydrogen-bond donors (Lipinski definition) is 1. The summed E-state index contributed by atoms with van der Waals surface area (Å²) in [5.74, 6) is 0.606. The average Bonchev–Trinajstić information content (AvgIpc) is 2.85. The molecule has 0 saturated heterocycles. The van der Waals surface area contributed by atoms with Gasteiger partial charge in [0.15, 0.2) is 0 Å². The van der Waals surface area contributed by atoms with E-state index in [1.807, 2.05) is 6.20 Å². The minimum atomic E-state index is 0.430. The van der Waals surface area contributed by atoms with Crippen LogP contribution in [0.15, 0.2) is 10.7 Å². The Morgan fingerprint density at radius 1 is 1.53 bits per heavy atom. The molecule has 1 saturated carbocycles. The van der Waals surface area contributed by atoms with E-state index in [1.165, 1.54) is 29.4 Å². The largest absolute Gasteiger partial charge is 0.314 e. The molecule has 2 unspecified atom stereocenters. The monoisotopic (exact) mass is 299 g/mol. The van der Waals surface area contributed by atoms with Crippen LogP contribution in [-0.4, -0.2) is 22.4 Å². The minimum Gasteiger partial charge on any atom is -0.314 e. The quantitative estimate of drug-likeness (QED) is 0.922. The maximum atomic E-state index is 4.50. The summed E-state index contributed by atoms with van der Waals surface area (Å²) in [5, 5.41) is 8.11. The van der Waals surface area contributed by atoms with Gasteiger partial charge in [0.2, 0.25) is 0 Å². The van der Waals surface area contributed by atoms with Gasteiger partial charge in [0.05, 0.1) is 16.4 Å². The van der Waals surface area contributed by atoms with Crippen LogP contribution in [0.2, 0.25) is 0 Å². The summed E-state index contributed by atoms with van der Waals surface area (Å²) in [5.41, 5.74) is 1.38. The Morgan fingerprint density at radius 2 is 2.29 bits per heavy atom. The SMILES string of the molecule is CCNC1CCCC1c1c(Br)cnn1C(C)C. The van der Waals surface area contributed by atoms with Crippen molar-refractivity contribution in [3.05, 3.63) is 16.4 Å². The molecule has 1 aromatic rings. The molecule has 0 aromatic carbocycles. The lowest BCUT2D eigenvalue weighted by atomic mass is 9.99. The topological polar surface area (TPSA) is 29.9 Å². The van der Waals surface area contributed by atoms with Crippen molar-refractivity contribution in [1.29, 1.82) is 0 Å². The molecule has 3 nitrogen and oxygen atoms in total. The molecule has 0 aliphatic heterocycles. The van der Waals surface area contributed by atoms with Crippen molar-refractivity contribution < 1.29 is 0 Å². The maximum absolute atomic E-state index is 4.50. The highest BCUT2D eigenvalue weighted by molar-refractivity contribution is 9.10. The van der Waals surface area contributed by atoms with Crippen LogP contribution in [-0.2, 0) is 0 Å². The van der Waals surface area contributed by atoms with Crippen molar-refractivity contribution in [2.75, 3.05) is 6.54 Å². The minimum absolute atomic E-state index is 0.430. The van der Waals surface area contributed by atoms with Gasteiger partial charge in [-0.05, 0) is 49.2 Å². The third-order valence-electron chi connectivity index (χ3n) is 3.61. The molecule has 0 amide bonds. The molecule has 1 N–H and O–H groups in total. The van der Waals surface area contributed by atoms with Gasteiger partial charge in [0.1, 0.15) is 0 Å². The molecule has 4 heteroatoms. The summed E-state index contributed by atoms with van der Waals surface area (Å²) < 4.78 is 3.34. The lowest BCUT2D eigenvalue weighted by molar-refractivity contribution is 0.434. The zero-order valence-electron chi connectivity index (χ0n) is 10.9. The Labute approximate surface area is 112 Å². The number of nitrogens with one attached hydrogen (secondary N) is 1. The number of aromatic nitrogens is 2. The highest BCUT2D eigenvalue weighted by Gasteiger charge is 2.32. The summed E-state index contributed by atoms with van der Waals surface area (Å²) in [6.07, 6.45) is 5.82. The molecule has 2 rings (SSSR count). The number of halogens is 1. The first-order chi connectivity index (χ1) is 8.15. The zero-order valence-corrected chi connectivity index (χ0v) is 12.5. The van der Waals surface area contributed by atoms with Crippen LogP contribution < -0.4 is 5.32 Å². The molecular formula is C13H22BrN3. The first-order valence-corrected chi connectivity index (χ1v) is 7.40. The second-order valence-electron chi connectivity index (χ2n) is 5.12. The number of hydrogen-bond acceptors (Lipinski definition) is 2. The summed E-state index contributed by atoms with van der Waals surface area (Å²) >= 11 is 3.66. The van der Waals surface area contributed by atoms with E-state index < -0.39 is 0 Å². The summed E-state index contributed by atoms with van der Waals surface area (Å²) in [6, 6.07) is 1.05. The predicted octanol–water partition coefficient (Wildman–Crippen LogP) is 3.47. The van der Waals surface area contributed by atoms with E-state index in [2.05, 4.69) is 51.8 Å². The van der Waals surface area contributed by atoms with Crippen LogP contribution in [0.5, 0.6) is 0 Å². The van der Waals surface area contributed by atoms with Crippen molar-refractivity contribution in [3.8, 4) is 0 Å². The van der Waals surface area contributed by atoms with Crippen molar-refractivity contribution in [3.63, 3.8) is 0 Å². The van der Waals surface area contributed by atoms with Crippen LogP contribution in [0.4, 0.5) is 0 Å². The molecular weight excluding hydrogens is 278 g/mol. The van der Waals surface area contributed by atoms with Crippen LogP contribution in [0.25, 0.3) is 0 Å². The van der Waals surface area contributed by atoms with Crippen molar-refractivity contribution in [2.24, 2.45) is 0 Å². The van der Waals surface area contributed by atoms with E-state index in [-0.39, 0.29) is 0 Å². The standard InChI is InChI=1S/C13H22BrN3/c1-4-15-12-7-5-6-10(12)13-11(14)8-16-17(13)9(2)3/h8-10,12,15H,4-7H2,1-3H3. The van der Waals surface area contributed by atoms with E-state index in [0.29, 0.717) is 18.0 Å². The molecule has 17 heavy (non-hydrogen) atoms. The van der Waals surface area contributed by atoms with Gasteiger partial charge in [-0.2, -0.15) is 5.10 Å². The average molecular weight is 300 g/mol. The fourth-order valence-electron chi connectivity index (χ4n) is 2.90. The van der Waals surface area contributed by atoms with Gasteiger partial charge >= 0.3 is 0 Å². The van der Waals surface area contributed by atoms with E-state index in [1.54, 1.807) is 0 Å². The Morgan fingerprint density at radius 3 is 2.94 bits per heavy atom. The van der Waals surface area contributed by atoms with Gasteiger partial charge in [-0.25, -0.2) is 0 Å². The first-order valence-electron chi connectivity index (χ1n) is 6.61. The van der Waals surface area contributed by atoms with Gasteiger partial charge in [0, 0.05) is 18.0 Å². The Kier molecular flexibility index (Phi) is 4.26. The van der Waals surface area contributed by atoms with Crippen LogP contribution in [0.3, 0.4) is 0 Å². The van der Waals surface area contributed by atoms with Crippen molar-refractivity contribution in [2.45, 2.75) is 58.0 Å². The number of nitrogens with zero attached hydrogens (tertiary/aromatic N) is 2. The van der Waals surface area contributed by atoms with E-state index in [9.17, 15) is 0 Å². The zero-order chi connectivity index (χ0) is 12.4. The van der Waals surface area contributed by atoms with Gasteiger partial charge < -0.3 is 5.32 Å². The van der Waals surface area contributed by atoms with Crippen LogP contribution in [0, 0.1) is 0 Å². The van der Waals surface area contributed by atoms with Gasteiger partial charge in [-0.1, -0.05) is 13.3 Å². The Balaban J connectivity index is 2.29. The van der Waals surface area contributed by atoms with Gasteiger partial charge in [-0.15, -0.1) is 0 Å². The second-order valence-corrected chi connectivity index (χ2v) is 5.97. The number of rotatable bonds is 4. The predicted molar refractivity (Wildman–Crippen MR) is 74.4 cm³/mol. The molecule has 0 spiro atoms. The summed E-state index contributed by atoms with van der Waals surface area (Å²) in [7, 11) is 0. The Hall–Kier alpha value is -0.350. The lowest BCUT2D eigenvalue weighted by Crippen LogP contribution is -2.32. The van der Waals surface area contributed by atoms with Crippen LogP contribution >= 0.6 is 15.9 Å². The lowest BCUT2D eigenvalue weighted by Gasteiger charge is -2.23. The summed E-state index contributed by atoms with van der Waals surface area (Å²) in [4.78, 5) is 0.